The highest BCUT2D eigenvalue weighted by Crippen LogP contribution is 2.24. The lowest BCUT2D eigenvalue weighted by molar-refractivity contribution is 0.262. The molecule has 2 amide bonds. The Labute approximate surface area is 158 Å². The maximum atomic E-state index is 12.3. The summed E-state index contributed by atoms with van der Waals surface area (Å²) in [6.07, 6.45) is 1.54. The van der Waals surface area contributed by atoms with E-state index in [0.717, 1.165) is 0 Å². The summed E-state index contributed by atoms with van der Waals surface area (Å²) in [5.74, 6) is 0.405. The number of H-pyrrole nitrogens is 1. The maximum absolute atomic E-state index is 12.3. The Bertz CT molecular complexity index is 1210. The fraction of sp³-hybridized carbons (Fsp3) is 0. The Kier molecular flexibility index (Phi) is 4.28. The number of hydrogen-bond acceptors (Lipinski definition) is 6. The minimum atomic E-state index is -0.500. The summed E-state index contributed by atoms with van der Waals surface area (Å²) in [6, 6.07) is 14.6. The van der Waals surface area contributed by atoms with Crippen LogP contribution in [0.5, 0.6) is 5.75 Å². The van der Waals surface area contributed by atoms with Crippen molar-refractivity contribution in [2.45, 2.75) is 0 Å². The second-order valence-electron chi connectivity index (χ2n) is 5.84. The summed E-state index contributed by atoms with van der Waals surface area (Å²) in [7, 11) is 0. The van der Waals surface area contributed by atoms with Crippen molar-refractivity contribution in [1.82, 2.24) is 20.2 Å². The Morgan fingerprint density at radius 2 is 1.96 bits per heavy atom. The molecular weight excluding hydrogens is 358 g/mol. The Morgan fingerprint density at radius 3 is 2.71 bits per heavy atom. The molecule has 4 rings (SSSR count). The van der Waals surface area contributed by atoms with Crippen LogP contribution in [-0.2, 0) is 0 Å². The summed E-state index contributed by atoms with van der Waals surface area (Å²) < 4.78 is 0. The molecule has 9 heteroatoms. The molecular formula is C19H13N7O2. The normalized spacial score (nSPS) is 10.4. The molecule has 28 heavy (non-hydrogen) atoms. The van der Waals surface area contributed by atoms with Crippen LogP contribution >= 0.6 is 0 Å². The molecule has 0 saturated heterocycles. The van der Waals surface area contributed by atoms with Crippen LogP contribution in [0.4, 0.5) is 16.3 Å². The number of nitrogens with zero attached hydrogens (tertiary/aromatic N) is 4. The molecule has 4 aromatic rings. The topological polar surface area (TPSA) is 140 Å². The first kappa shape index (κ1) is 17.0. The summed E-state index contributed by atoms with van der Waals surface area (Å²) in [5, 5.41) is 30.5. The van der Waals surface area contributed by atoms with Gasteiger partial charge in [-0.15, -0.1) is 0 Å². The third-order valence-corrected chi connectivity index (χ3v) is 3.92. The SMILES string of the molecule is N#Cc1ccc(NC(=O)Nc2[nH]nc3ncc(-c4cccc(O)c4)nc23)cc1. The predicted molar refractivity (Wildman–Crippen MR) is 103 cm³/mol. The van der Waals surface area contributed by atoms with Crippen molar-refractivity contribution in [2.75, 3.05) is 10.6 Å². The molecule has 9 nitrogen and oxygen atoms in total. The van der Waals surface area contributed by atoms with E-state index in [9.17, 15) is 9.90 Å². The number of phenols is 1. The van der Waals surface area contributed by atoms with Gasteiger partial charge < -0.3 is 10.4 Å². The Morgan fingerprint density at radius 1 is 1.14 bits per heavy atom. The highest BCUT2D eigenvalue weighted by molar-refractivity contribution is 6.03. The van der Waals surface area contributed by atoms with Gasteiger partial charge in [0.05, 0.1) is 23.5 Å². The van der Waals surface area contributed by atoms with Crippen LogP contribution in [0.15, 0.2) is 54.7 Å². The molecule has 0 aliphatic rings. The first-order chi connectivity index (χ1) is 13.6. The van der Waals surface area contributed by atoms with Crippen LogP contribution in [0, 0.1) is 11.3 Å². The monoisotopic (exact) mass is 371 g/mol. The van der Waals surface area contributed by atoms with Gasteiger partial charge >= 0.3 is 6.03 Å². The van der Waals surface area contributed by atoms with Crippen molar-refractivity contribution in [3.63, 3.8) is 0 Å². The summed E-state index contributed by atoms with van der Waals surface area (Å²) in [5.41, 5.74) is 2.98. The molecule has 0 unspecified atom stereocenters. The number of aromatic nitrogens is 4. The average molecular weight is 371 g/mol. The highest BCUT2D eigenvalue weighted by atomic mass is 16.3. The van der Waals surface area contributed by atoms with Crippen LogP contribution in [0.1, 0.15) is 5.56 Å². The third-order valence-electron chi connectivity index (χ3n) is 3.92. The number of hydrogen-bond donors (Lipinski definition) is 4. The fourth-order valence-corrected chi connectivity index (χ4v) is 2.59. The van der Waals surface area contributed by atoms with Gasteiger partial charge in [-0.2, -0.15) is 10.4 Å². The number of aromatic hydroxyl groups is 1. The van der Waals surface area contributed by atoms with Gasteiger partial charge in [0, 0.05) is 11.3 Å². The van der Waals surface area contributed by atoms with Crippen LogP contribution in [0.3, 0.4) is 0 Å². The number of carbonyl (C=O) groups is 1. The van der Waals surface area contributed by atoms with E-state index >= 15 is 0 Å². The molecule has 0 saturated carbocycles. The number of rotatable bonds is 3. The fourth-order valence-electron chi connectivity index (χ4n) is 2.59. The van der Waals surface area contributed by atoms with Crippen molar-refractivity contribution in [1.29, 1.82) is 5.26 Å². The summed E-state index contributed by atoms with van der Waals surface area (Å²) in [4.78, 5) is 21.0. The molecule has 0 bridgehead atoms. The number of amides is 2. The molecule has 2 aromatic carbocycles. The minimum absolute atomic E-state index is 0.117. The van der Waals surface area contributed by atoms with Gasteiger partial charge in [-0.3, -0.25) is 10.4 Å². The second-order valence-corrected chi connectivity index (χ2v) is 5.84. The quantitative estimate of drug-likeness (QED) is 0.436. The number of urea groups is 1. The lowest BCUT2D eigenvalue weighted by atomic mass is 10.1. The highest BCUT2D eigenvalue weighted by Gasteiger charge is 2.13. The first-order valence-corrected chi connectivity index (χ1v) is 8.21. The Balaban J connectivity index is 1.57. The summed E-state index contributed by atoms with van der Waals surface area (Å²) in [6.45, 7) is 0. The lowest BCUT2D eigenvalue weighted by Gasteiger charge is -2.06. The lowest BCUT2D eigenvalue weighted by Crippen LogP contribution is -2.19. The van der Waals surface area contributed by atoms with Crippen molar-refractivity contribution >= 4 is 28.7 Å². The van der Waals surface area contributed by atoms with Crippen LogP contribution in [0.2, 0.25) is 0 Å². The van der Waals surface area contributed by atoms with E-state index in [-0.39, 0.29) is 11.6 Å². The van der Waals surface area contributed by atoms with E-state index in [2.05, 4.69) is 30.8 Å². The van der Waals surface area contributed by atoms with Gasteiger partial charge in [0.15, 0.2) is 11.3 Å². The zero-order chi connectivity index (χ0) is 19.5. The smallest absolute Gasteiger partial charge is 0.324 e. The zero-order valence-electron chi connectivity index (χ0n) is 14.3. The Hall–Kier alpha value is -4.45. The average Bonchev–Trinajstić information content (AvgIpc) is 3.10. The molecule has 0 atom stereocenters. The molecule has 0 radical (unpaired) electrons. The zero-order valence-corrected chi connectivity index (χ0v) is 14.3. The largest absolute Gasteiger partial charge is 0.508 e. The van der Waals surface area contributed by atoms with Crippen LogP contribution < -0.4 is 10.6 Å². The van der Waals surface area contributed by atoms with Gasteiger partial charge in [-0.05, 0) is 36.4 Å². The maximum Gasteiger partial charge on any atom is 0.324 e. The number of carbonyl (C=O) groups excluding carboxylic acids is 1. The number of anilines is 2. The van der Waals surface area contributed by atoms with Crippen molar-refractivity contribution < 1.29 is 9.90 Å². The molecule has 4 N–H and O–H groups in total. The number of nitrogens with one attached hydrogen (secondary N) is 3. The van der Waals surface area contributed by atoms with Crippen LogP contribution in [0.25, 0.3) is 22.4 Å². The van der Waals surface area contributed by atoms with E-state index in [0.29, 0.717) is 33.7 Å². The third kappa shape index (κ3) is 3.42. The van der Waals surface area contributed by atoms with Gasteiger partial charge in [0.1, 0.15) is 5.75 Å². The molecule has 2 aromatic heterocycles. The van der Waals surface area contributed by atoms with Crippen molar-refractivity contribution in [2.24, 2.45) is 0 Å². The number of nitriles is 1. The molecule has 0 fully saturated rings. The molecule has 0 spiro atoms. The minimum Gasteiger partial charge on any atom is -0.508 e. The standard InChI is InChI=1S/C19H13N7O2/c20-9-11-4-6-13(7-5-11)22-19(28)24-18-16-17(25-26-18)21-10-15(23-16)12-2-1-3-14(27)8-12/h1-8,10,27H,(H3,21,22,24,25,26,28). The van der Waals surface area contributed by atoms with E-state index in [1.807, 2.05) is 6.07 Å². The number of phenolic OH excluding ortho intramolecular Hbond substituents is 1. The van der Waals surface area contributed by atoms with E-state index in [1.54, 1.807) is 54.7 Å². The van der Waals surface area contributed by atoms with E-state index < -0.39 is 6.03 Å². The van der Waals surface area contributed by atoms with Crippen molar-refractivity contribution in [3.8, 4) is 23.1 Å². The molecule has 2 heterocycles. The molecule has 136 valence electrons. The second kappa shape index (κ2) is 7.05. The number of fused-ring (bicyclic) bond motifs is 1. The van der Waals surface area contributed by atoms with Crippen molar-refractivity contribution in [3.05, 3.63) is 60.3 Å². The molecule has 0 aliphatic heterocycles. The number of benzene rings is 2. The predicted octanol–water partition coefficient (Wildman–Crippen LogP) is 3.24. The van der Waals surface area contributed by atoms with Gasteiger partial charge in [-0.1, -0.05) is 12.1 Å². The van der Waals surface area contributed by atoms with Crippen LogP contribution in [-0.4, -0.2) is 31.3 Å². The van der Waals surface area contributed by atoms with Gasteiger partial charge in [-0.25, -0.2) is 14.8 Å². The number of aromatic amines is 1. The van der Waals surface area contributed by atoms with E-state index in [4.69, 9.17) is 5.26 Å². The summed E-state index contributed by atoms with van der Waals surface area (Å²) >= 11 is 0. The first-order valence-electron chi connectivity index (χ1n) is 8.21. The van der Waals surface area contributed by atoms with Gasteiger partial charge in [0.25, 0.3) is 0 Å². The molecule has 0 aliphatic carbocycles. The van der Waals surface area contributed by atoms with E-state index in [1.165, 1.54) is 0 Å². The van der Waals surface area contributed by atoms with Gasteiger partial charge in [0.2, 0.25) is 5.65 Å².